The van der Waals surface area contributed by atoms with Crippen LogP contribution < -0.4 is 5.32 Å². The molecule has 2 aromatic heterocycles. The number of nitrogens with one attached hydrogen (secondary N) is 1. The first-order valence-electron chi connectivity index (χ1n) is 8.42. The molecule has 25 heavy (non-hydrogen) atoms. The highest BCUT2D eigenvalue weighted by atomic mass is 16.1. The van der Waals surface area contributed by atoms with E-state index in [0.29, 0.717) is 5.56 Å². The van der Waals surface area contributed by atoms with Crippen LogP contribution in [0, 0.1) is 13.8 Å². The third-order valence-electron chi connectivity index (χ3n) is 4.58. The Hall–Kier alpha value is -2.96. The van der Waals surface area contributed by atoms with Gasteiger partial charge in [0.15, 0.2) is 0 Å². The maximum Gasteiger partial charge on any atom is 0.251 e. The minimum Gasteiger partial charge on any atom is -0.347 e. The lowest BCUT2D eigenvalue weighted by atomic mass is 10.1. The van der Waals surface area contributed by atoms with E-state index in [2.05, 4.69) is 25.2 Å². The SMILES string of the molecule is Cc1ccn(-c2ccc(C(=O)N[C@@H]3CCc4nnc(C)n4C3)cc2)n1. The molecule has 1 amide bonds. The predicted molar refractivity (Wildman–Crippen MR) is 92.6 cm³/mol. The van der Waals surface area contributed by atoms with Crippen molar-refractivity contribution in [3.8, 4) is 5.69 Å². The van der Waals surface area contributed by atoms with Crippen LogP contribution in [0.2, 0.25) is 0 Å². The smallest absolute Gasteiger partial charge is 0.251 e. The first-order chi connectivity index (χ1) is 12.1. The number of hydrogen-bond acceptors (Lipinski definition) is 4. The Morgan fingerprint density at radius 3 is 2.68 bits per heavy atom. The quantitative estimate of drug-likeness (QED) is 0.791. The number of amides is 1. The van der Waals surface area contributed by atoms with E-state index in [-0.39, 0.29) is 11.9 Å². The monoisotopic (exact) mass is 336 g/mol. The summed E-state index contributed by atoms with van der Waals surface area (Å²) in [5.74, 6) is 1.84. The molecule has 4 rings (SSSR count). The minimum absolute atomic E-state index is 0.0534. The Kier molecular flexibility index (Phi) is 3.83. The van der Waals surface area contributed by atoms with Crippen LogP contribution in [0.15, 0.2) is 36.5 Å². The van der Waals surface area contributed by atoms with E-state index in [1.54, 1.807) is 4.68 Å². The number of aromatic nitrogens is 5. The number of hydrogen-bond donors (Lipinski definition) is 1. The van der Waals surface area contributed by atoms with Gasteiger partial charge in [0.05, 0.1) is 11.4 Å². The molecule has 1 N–H and O–H groups in total. The van der Waals surface area contributed by atoms with E-state index < -0.39 is 0 Å². The topological polar surface area (TPSA) is 77.6 Å². The van der Waals surface area contributed by atoms with Crippen LogP contribution in [-0.4, -0.2) is 36.5 Å². The predicted octanol–water partition coefficient (Wildman–Crippen LogP) is 1.83. The van der Waals surface area contributed by atoms with Crippen LogP contribution in [0.4, 0.5) is 0 Å². The summed E-state index contributed by atoms with van der Waals surface area (Å²) in [7, 11) is 0. The Balaban J connectivity index is 1.44. The molecule has 3 aromatic rings. The summed E-state index contributed by atoms with van der Waals surface area (Å²) >= 11 is 0. The van der Waals surface area contributed by atoms with Crippen LogP contribution >= 0.6 is 0 Å². The van der Waals surface area contributed by atoms with E-state index in [0.717, 1.165) is 42.4 Å². The van der Waals surface area contributed by atoms with Crippen molar-refractivity contribution >= 4 is 5.91 Å². The molecule has 0 radical (unpaired) electrons. The second-order valence-corrected chi connectivity index (χ2v) is 6.43. The largest absolute Gasteiger partial charge is 0.347 e. The highest BCUT2D eigenvalue weighted by Crippen LogP contribution is 2.16. The van der Waals surface area contributed by atoms with Crippen LogP contribution in [0.1, 0.15) is 34.1 Å². The second kappa shape index (κ2) is 6.16. The average molecular weight is 336 g/mol. The Labute approximate surface area is 145 Å². The van der Waals surface area contributed by atoms with Crippen LogP contribution in [0.25, 0.3) is 5.69 Å². The van der Waals surface area contributed by atoms with Gasteiger partial charge in [0.25, 0.3) is 5.91 Å². The van der Waals surface area contributed by atoms with Crippen molar-refractivity contribution in [2.75, 3.05) is 0 Å². The number of carbonyl (C=O) groups is 1. The zero-order valence-electron chi connectivity index (χ0n) is 14.3. The zero-order chi connectivity index (χ0) is 17.4. The fraction of sp³-hybridized carbons (Fsp3) is 0.333. The van der Waals surface area contributed by atoms with Crippen molar-refractivity contribution in [3.63, 3.8) is 0 Å². The molecule has 0 unspecified atom stereocenters. The molecule has 128 valence electrons. The molecule has 1 aliphatic rings. The van der Waals surface area contributed by atoms with Gasteiger partial charge in [-0.1, -0.05) is 0 Å². The Morgan fingerprint density at radius 1 is 1.16 bits per heavy atom. The van der Waals surface area contributed by atoms with Gasteiger partial charge < -0.3 is 9.88 Å². The summed E-state index contributed by atoms with van der Waals surface area (Å²) in [6.45, 7) is 4.62. The van der Waals surface area contributed by atoms with Crippen molar-refractivity contribution in [1.29, 1.82) is 0 Å². The molecule has 0 aliphatic carbocycles. The lowest BCUT2D eigenvalue weighted by molar-refractivity contribution is 0.0927. The van der Waals surface area contributed by atoms with Gasteiger partial charge in [0, 0.05) is 30.8 Å². The van der Waals surface area contributed by atoms with E-state index >= 15 is 0 Å². The van der Waals surface area contributed by atoms with Crippen LogP contribution in [0.5, 0.6) is 0 Å². The van der Waals surface area contributed by atoms with Crippen LogP contribution in [0.3, 0.4) is 0 Å². The molecule has 1 aromatic carbocycles. The normalized spacial score (nSPS) is 16.5. The van der Waals surface area contributed by atoms with Gasteiger partial charge in [-0.15, -0.1) is 10.2 Å². The minimum atomic E-state index is -0.0534. The molecule has 1 atom stereocenters. The number of carbonyl (C=O) groups excluding carboxylic acids is 1. The maximum atomic E-state index is 12.5. The van der Waals surface area contributed by atoms with Gasteiger partial charge in [-0.3, -0.25) is 4.79 Å². The lowest BCUT2D eigenvalue weighted by Crippen LogP contribution is -2.41. The third-order valence-corrected chi connectivity index (χ3v) is 4.58. The van der Waals surface area contributed by atoms with Gasteiger partial charge >= 0.3 is 0 Å². The number of aryl methyl sites for hydroxylation is 3. The van der Waals surface area contributed by atoms with E-state index in [9.17, 15) is 4.79 Å². The van der Waals surface area contributed by atoms with E-state index in [1.807, 2.05) is 50.4 Å². The summed E-state index contributed by atoms with van der Waals surface area (Å²) < 4.78 is 3.88. The van der Waals surface area contributed by atoms with Crippen molar-refractivity contribution in [2.24, 2.45) is 0 Å². The number of nitrogens with zero attached hydrogens (tertiary/aromatic N) is 5. The molecule has 0 saturated heterocycles. The summed E-state index contributed by atoms with van der Waals surface area (Å²) in [4.78, 5) is 12.5. The first-order valence-corrected chi connectivity index (χ1v) is 8.42. The molecule has 0 saturated carbocycles. The Morgan fingerprint density at radius 2 is 1.96 bits per heavy atom. The van der Waals surface area contributed by atoms with E-state index in [4.69, 9.17) is 0 Å². The molecule has 3 heterocycles. The summed E-state index contributed by atoms with van der Waals surface area (Å²) in [6.07, 6.45) is 3.63. The average Bonchev–Trinajstić information content (AvgIpc) is 3.21. The fourth-order valence-corrected chi connectivity index (χ4v) is 3.17. The summed E-state index contributed by atoms with van der Waals surface area (Å²) in [5.41, 5.74) is 2.55. The van der Waals surface area contributed by atoms with Crippen molar-refractivity contribution in [2.45, 2.75) is 39.3 Å². The lowest BCUT2D eigenvalue weighted by Gasteiger charge is -2.25. The van der Waals surface area contributed by atoms with Gasteiger partial charge in [-0.2, -0.15) is 5.10 Å². The Bertz CT molecular complexity index is 908. The summed E-state index contributed by atoms with van der Waals surface area (Å²) in [6, 6.07) is 9.53. The van der Waals surface area contributed by atoms with E-state index in [1.165, 1.54) is 0 Å². The van der Waals surface area contributed by atoms with Crippen molar-refractivity contribution < 1.29 is 4.79 Å². The van der Waals surface area contributed by atoms with Gasteiger partial charge in [0.2, 0.25) is 0 Å². The maximum absolute atomic E-state index is 12.5. The van der Waals surface area contributed by atoms with Gasteiger partial charge in [-0.05, 0) is 50.6 Å². The third kappa shape index (κ3) is 3.05. The highest BCUT2D eigenvalue weighted by Gasteiger charge is 2.23. The van der Waals surface area contributed by atoms with Gasteiger partial charge in [-0.25, -0.2) is 4.68 Å². The fourth-order valence-electron chi connectivity index (χ4n) is 3.17. The highest BCUT2D eigenvalue weighted by molar-refractivity contribution is 5.94. The molecule has 7 nitrogen and oxygen atoms in total. The standard InChI is InChI=1S/C18H20N6O/c1-12-9-10-24(22-12)16-6-3-14(4-7-16)18(25)19-15-5-8-17-21-20-13(2)23(17)11-15/h3-4,6-7,9-10,15H,5,8,11H2,1-2H3,(H,19,25)/t15-/m1/s1. The molecular weight excluding hydrogens is 316 g/mol. The molecule has 0 spiro atoms. The number of rotatable bonds is 3. The van der Waals surface area contributed by atoms with Crippen LogP contribution in [-0.2, 0) is 13.0 Å². The molecule has 0 fully saturated rings. The summed E-state index contributed by atoms with van der Waals surface area (Å²) in [5, 5.41) is 15.8. The first kappa shape index (κ1) is 15.6. The van der Waals surface area contributed by atoms with Gasteiger partial charge in [0.1, 0.15) is 11.6 Å². The second-order valence-electron chi connectivity index (χ2n) is 6.43. The molecule has 0 bridgehead atoms. The number of benzene rings is 1. The van der Waals surface area contributed by atoms with Crippen molar-refractivity contribution in [1.82, 2.24) is 29.9 Å². The molecule has 1 aliphatic heterocycles. The van der Waals surface area contributed by atoms with Crippen molar-refractivity contribution in [3.05, 3.63) is 59.4 Å². The molecule has 7 heteroatoms. The zero-order valence-corrected chi connectivity index (χ0v) is 14.3. The molecular formula is C18H20N6O. The number of fused-ring (bicyclic) bond motifs is 1.